The van der Waals surface area contributed by atoms with E-state index in [0.29, 0.717) is 6.61 Å². The first-order chi connectivity index (χ1) is 3.77. The molecular formula is C6H10O2. The molecule has 8 heavy (non-hydrogen) atoms. The molecule has 0 unspecified atom stereocenters. The van der Waals surface area contributed by atoms with Crippen molar-refractivity contribution in [1.29, 1.82) is 0 Å². The fraction of sp³-hybridized carbons (Fsp3) is 0.500. The maximum atomic E-state index is 10.1. The van der Waals surface area contributed by atoms with Crippen molar-refractivity contribution in [3.8, 4) is 0 Å². The van der Waals surface area contributed by atoms with Gasteiger partial charge in [-0.3, -0.25) is 4.79 Å². The molecule has 0 fully saturated rings. The second-order valence-electron chi connectivity index (χ2n) is 1.37. The van der Waals surface area contributed by atoms with Crippen LogP contribution in [0.25, 0.3) is 0 Å². The molecule has 0 amide bonds. The van der Waals surface area contributed by atoms with E-state index in [9.17, 15) is 4.79 Å². The first-order valence-corrected chi connectivity index (χ1v) is 2.52. The van der Waals surface area contributed by atoms with E-state index in [1.54, 1.807) is 6.08 Å². The quantitative estimate of drug-likeness (QED) is 0.397. The second-order valence-corrected chi connectivity index (χ2v) is 1.37. The molecule has 0 aromatic heterocycles. The van der Waals surface area contributed by atoms with Crippen molar-refractivity contribution >= 4 is 5.97 Å². The van der Waals surface area contributed by atoms with Crippen LogP contribution in [0.1, 0.15) is 13.8 Å². The number of carbonyl (C=O) groups is 1. The summed E-state index contributed by atoms with van der Waals surface area (Å²) in [5.41, 5.74) is 0. The van der Waals surface area contributed by atoms with Gasteiger partial charge in [-0.05, 0) is 6.92 Å². The number of hydrogen-bond acceptors (Lipinski definition) is 2. The highest BCUT2D eigenvalue weighted by atomic mass is 16.5. The average molecular weight is 114 g/mol. The predicted molar refractivity (Wildman–Crippen MR) is 31.4 cm³/mol. The van der Waals surface area contributed by atoms with Crippen LogP contribution in [-0.2, 0) is 9.53 Å². The number of esters is 1. The van der Waals surface area contributed by atoms with E-state index < -0.39 is 0 Å². The molecule has 0 rings (SSSR count). The molecule has 0 aliphatic heterocycles. The molecule has 0 aliphatic rings. The summed E-state index contributed by atoms with van der Waals surface area (Å²) in [5.74, 6) is -0.233. The van der Waals surface area contributed by atoms with E-state index in [-0.39, 0.29) is 5.97 Å². The lowest BCUT2D eigenvalue weighted by molar-refractivity contribution is -0.139. The van der Waals surface area contributed by atoms with Crippen molar-refractivity contribution in [2.75, 3.05) is 6.61 Å². The van der Waals surface area contributed by atoms with Gasteiger partial charge in [-0.2, -0.15) is 0 Å². The third-order valence-corrected chi connectivity index (χ3v) is 0.619. The van der Waals surface area contributed by atoms with Crippen molar-refractivity contribution < 1.29 is 9.53 Å². The van der Waals surface area contributed by atoms with Gasteiger partial charge in [0.15, 0.2) is 0 Å². The van der Waals surface area contributed by atoms with Crippen molar-refractivity contribution in [1.82, 2.24) is 0 Å². The van der Waals surface area contributed by atoms with Crippen LogP contribution in [0.5, 0.6) is 0 Å². The molecule has 0 bridgehead atoms. The molecule has 0 radical (unpaired) electrons. The molecule has 0 aliphatic carbocycles. The highest BCUT2D eigenvalue weighted by molar-refractivity contribution is 5.65. The van der Waals surface area contributed by atoms with E-state index in [2.05, 4.69) is 4.74 Å². The molecule has 2 nitrogen and oxygen atoms in total. The van der Waals surface area contributed by atoms with Gasteiger partial charge >= 0.3 is 5.97 Å². The Kier molecular flexibility index (Phi) is 3.94. The van der Waals surface area contributed by atoms with Gasteiger partial charge in [-0.1, -0.05) is 12.2 Å². The zero-order valence-electron chi connectivity index (χ0n) is 5.18. The molecular weight excluding hydrogens is 104 g/mol. The lowest BCUT2D eigenvalue weighted by Crippen LogP contribution is -1.96. The van der Waals surface area contributed by atoms with Gasteiger partial charge < -0.3 is 4.74 Å². The Bertz CT molecular complexity index is 94.7. The molecule has 46 valence electrons. The van der Waals surface area contributed by atoms with Crippen molar-refractivity contribution in [3.05, 3.63) is 12.2 Å². The van der Waals surface area contributed by atoms with Crippen LogP contribution in [-0.4, -0.2) is 12.6 Å². The normalized spacial score (nSPS) is 9.75. The van der Waals surface area contributed by atoms with Crippen LogP contribution >= 0.6 is 0 Å². The van der Waals surface area contributed by atoms with Crippen LogP contribution in [0.2, 0.25) is 0 Å². The summed E-state index contributed by atoms with van der Waals surface area (Å²) in [6, 6.07) is 0. The fourth-order valence-electron chi connectivity index (χ4n) is 0.262. The molecule has 0 aromatic carbocycles. The molecule has 0 atom stereocenters. The van der Waals surface area contributed by atoms with Crippen LogP contribution in [0.15, 0.2) is 12.2 Å². The summed E-state index contributed by atoms with van der Waals surface area (Å²) < 4.78 is 4.56. The Balaban J connectivity index is 3.05. The number of ether oxygens (including phenoxy) is 1. The van der Waals surface area contributed by atoms with Crippen LogP contribution in [0, 0.1) is 0 Å². The topological polar surface area (TPSA) is 26.3 Å². The van der Waals surface area contributed by atoms with E-state index in [4.69, 9.17) is 0 Å². The van der Waals surface area contributed by atoms with E-state index in [1.165, 1.54) is 6.92 Å². The summed E-state index contributed by atoms with van der Waals surface area (Å²) in [5, 5.41) is 0. The van der Waals surface area contributed by atoms with E-state index in [1.807, 2.05) is 13.0 Å². The molecule has 2 heteroatoms. The Morgan fingerprint density at radius 1 is 1.75 bits per heavy atom. The van der Waals surface area contributed by atoms with Gasteiger partial charge in [0, 0.05) is 6.92 Å². The number of allylic oxidation sites excluding steroid dienone is 1. The van der Waals surface area contributed by atoms with Gasteiger partial charge in [0.05, 0.1) is 0 Å². The average Bonchev–Trinajstić information content (AvgIpc) is 1.66. The zero-order chi connectivity index (χ0) is 6.41. The summed E-state index contributed by atoms with van der Waals surface area (Å²) in [6.45, 7) is 3.67. The Morgan fingerprint density at radius 3 is 2.75 bits per heavy atom. The zero-order valence-corrected chi connectivity index (χ0v) is 5.18. The number of hydrogen-bond donors (Lipinski definition) is 0. The Morgan fingerprint density at radius 2 is 2.38 bits per heavy atom. The van der Waals surface area contributed by atoms with Gasteiger partial charge in [0.2, 0.25) is 0 Å². The third kappa shape index (κ3) is 5.21. The summed E-state index contributed by atoms with van der Waals surface area (Å²) in [4.78, 5) is 10.1. The molecule has 0 saturated heterocycles. The van der Waals surface area contributed by atoms with Gasteiger partial charge in [0.1, 0.15) is 6.61 Å². The number of rotatable bonds is 2. The molecule has 0 heterocycles. The maximum absolute atomic E-state index is 10.1. The standard InChI is InChI=1S/C6H10O2/c1-3-4-5-8-6(2)7/h3-4H,5H2,1-2H3/b4-3-. The van der Waals surface area contributed by atoms with Crippen molar-refractivity contribution in [2.45, 2.75) is 13.8 Å². The van der Waals surface area contributed by atoms with Crippen molar-refractivity contribution in [2.24, 2.45) is 0 Å². The smallest absolute Gasteiger partial charge is 0.302 e. The van der Waals surface area contributed by atoms with E-state index in [0.717, 1.165) is 0 Å². The minimum Gasteiger partial charge on any atom is -0.462 e. The SMILES string of the molecule is C/C=C\COC(C)=O. The first kappa shape index (κ1) is 7.21. The second kappa shape index (κ2) is 4.37. The summed E-state index contributed by atoms with van der Waals surface area (Å²) >= 11 is 0. The lowest BCUT2D eigenvalue weighted by atomic mass is 10.5. The maximum Gasteiger partial charge on any atom is 0.302 e. The largest absolute Gasteiger partial charge is 0.462 e. The van der Waals surface area contributed by atoms with Gasteiger partial charge in [-0.15, -0.1) is 0 Å². The van der Waals surface area contributed by atoms with E-state index >= 15 is 0 Å². The van der Waals surface area contributed by atoms with Gasteiger partial charge in [0.25, 0.3) is 0 Å². The van der Waals surface area contributed by atoms with Crippen LogP contribution in [0.4, 0.5) is 0 Å². The minimum atomic E-state index is -0.233. The summed E-state index contributed by atoms with van der Waals surface area (Å²) in [7, 11) is 0. The van der Waals surface area contributed by atoms with Crippen LogP contribution < -0.4 is 0 Å². The predicted octanol–water partition coefficient (Wildman–Crippen LogP) is 1.13. The highest BCUT2D eigenvalue weighted by Crippen LogP contribution is 1.76. The molecule has 0 aromatic rings. The Labute approximate surface area is 49.1 Å². The fourth-order valence-corrected chi connectivity index (χ4v) is 0.262. The minimum absolute atomic E-state index is 0.233. The lowest BCUT2D eigenvalue weighted by Gasteiger charge is -1.91. The van der Waals surface area contributed by atoms with Crippen LogP contribution in [0.3, 0.4) is 0 Å². The molecule has 0 N–H and O–H groups in total. The number of carbonyl (C=O) groups excluding carboxylic acids is 1. The molecule has 0 saturated carbocycles. The summed E-state index contributed by atoms with van der Waals surface area (Å²) in [6.07, 6.45) is 3.62. The third-order valence-electron chi connectivity index (χ3n) is 0.619. The molecule has 0 spiro atoms. The highest BCUT2D eigenvalue weighted by Gasteiger charge is 1.84. The first-order valence-electron chi connectivity index (χ1n) is 2.52. The monoisotopic (exact) mass is 114 g/mol. The Hall–Kier alpha value is -0.790. The van der Waals surface area contributed by atoms with Crippen molar-refractivity contribution in [3.63, 3.8) is 0 Å². The van der Waals surface area contributed by atoms with Gasteiger partial charge in [-0.25, -0.2) is 0 Å².